The molecule has 2 N–H and O–H groups in total. The Morgan fingerprint density at radius 3 is 2.43 bits per heavy atom. The van der Waals surface area contributed by atoms with E-state index in [-0.39, 0.29) is 24.0 Å². The van der Waals surface area contributed by atoms with E-state index in [0.29, 0.717) is 12.6 Å². The van der Waals surface area contributed by atoms with Crippen LogP contribution in [-0.2, 0) is 6.54 Å². The van der Waals surface area contributed by atoms with Gasteiger partial charge in [0.25, 0.3) is 0 Å². The number of likely N-dealkylation sites (N-methyl/N-ethyl adjacent to an activating group) is 1. The molecule has 1 aliphatic rings. The molecule has 0 saturated carbocycles. The van der Waals surface area contributed by atoms with Crippen molar-refractivity contribution in [3.63, 3.8) is 0 Å². The lowest BCUT2D eigenvalue weighted by Crippen LogP contribution is -2.44. The number of nitrogens with zero attached hydrogens (tertiary/aromatic N) is 4. The SMILES string of the molecule is CCNC(=NCc1ccc(N2CCN(C)CC2)nc1)NC(C)CCC(C)C.I. The van der Waals surface area contributed by atoms with Crippen LogP contribution in [0.4, 0.5) is 5.82 Å². The predicted molar refractivity (Wildman–Crippen MR) is 131 cm³/mol. The van der Waals surface area contributed by atoms with Gasteiger partial charge in [0.15, 0.2) is 5.96 Å². The maximum atomic E-state index is 4.74. The van der Waals surface area contributed by atoms with E-state index in [4.69, 9.17) is 4.99 Å². The molecule has 160 valence electrons. The van der Waals surface area contributed by atoms with E-state index >= 15 is 0 Å². The molecule has 1 saturated heterocycles. The lowest BCUT2D eigenvalue weighted by atomic mass is 10.0. The van der Waals surface area contributed by atoms with Crippen molar-refractivity contribution in [2.45, 2.75) is 53.1 Å². The highest BCUT2D eigenvalue weighted by Gasteiger charge is 2.15. The van der Waals surface area contributed by atoms with Crippen molar-refractivity contribution in [2.75, 3.05) is 44.7 Å². The van der Waals surface area contributed by atoms with E-state index in [1.54, 1.807) is 0 Å². The molecular formula is C21H39IN6. The van der Waals surface area contributed by atoms with Gasteiger partial charge in [0.1, 0.15) is 5.82 Å². The minimum atomic E-state index is 0. The Labute approximate surface area is 188 Å². The Morgan fingerprint density at radius 1 is 1.14 bits per heavy atom. The first-order valence-electron chi connectivity index (χ1n) is 10.4. The standard InChI is InChI=1S/C21H38N6.HI/c1-6-22-21(25-18(4)8-7-17(2)3)24-16-19-9-10-20(23-15-19)27-13-11-26(5)12-14-27;/h9-10,15,17-18H,6-8,11-14,16H2,1-5H3,(H2,22,24,25);1H. The minimum absolute atomic E-state index is 0. The number of pyridine rings is 1. The average molecular weight is 502 g/mol. The number of piperazine rings is 1. The van der Waals surface area contributed by atoms with Gasteiger partial charge < -0.3 is 20.4 Å². The first kappa shape index (κ1) is 24.9. The van der Waals surface area contributed by atoms with Crippen LogP contribution in [0.3, 0.4) is 0 Å². The van der Waals surface area contributed by atoms with Gasteiger partial charge >= 0.3 is 0 Å². The Bertz CT molecular complexity index is 567. The van der Waals surface area contributed by atoms with E-state index < -0.39 is 0 Å². The van der Waals surface area contributed by atoms with E-state index in [9.17, 15) is 0 Å². The van der Waals surface area contributed by atoms with Crippen molar-refractivity contribution in [1.29, 1.82) is 0 Å². The molecule has 2 heterocycles. The Hall–Kier alpha value is -1.09. The number of hydrogen-bond donors (Lipinski definition) is 2. The molecule has 0 aromatic carbocycles. The van der Waals surface area contributed by atoms with Crippen LogP contribution in [0.2, 0.25) is 0 Å². The molecule has 1 aromatic heterocycles. The number of anilines is 1. The molecule has 2 rings (SSSR count). The quantitative estimate of drug-likeness (QED) is 0.325. The zero-order valence-corrected chi connectivity index (χ0v) is 20.6. The van der Waals surface area contributed by atoms with Crippen LogP contribution < -0.4 is 15.5 Å². The highest BCUT2D eigenvalue weighted by atomic mass is 127. The summed E-state index contributed by atoms with van der Waals surface area (Å²) in [6.45, 7) is 14.7. The number of hydrogen-bond acceptors (Lipinski definition) is 4. The van der Waals surface area contributed by atoms with Crippen molar-refractivity contribution in [3.05, 3.63) is 23.9 Å². The van der Waals surface area contributed by atoms with Gasteiger partial charge in [-0.05, 0) is 51.3 Å². The third kappa shape index (κ3) is 8.94. The highest BCUT2D eigenvalue weighted by Crippen LogP contribution is 2.14. The van der Waals surface area contributed by atoms with Gasteiger partial charge in [-0.1, -0.05) is 19.9 Å². The average Bonchev–Trinajstić information content (AvgIpc) is 2.66. The van der Waals surface area contributed by atoms with Crippen molar-refractivity contribution >= 4 is 35.8 Å². The number of nitrogens with one attached hydrogen (secondary N) is 2. The van der Waals surface area contributed by atoms with Gasteiger partial charge in [0.2, 0.25) is 0 Å². The second-order valence-corrected chi connectivity index (χ2v) is 8.03. The zero-order valence-electron chi connectivity index (χ0n) is 18.2. The van der Waals surface area contributed by atoms with Crippen molar-refractivity contribution in [2.24, 2.45) is 10.9 Å². The molecule has 1 aromatic rings. The van der Waals surface area contributed by atoms with Gasteiger partial charge in [0.05, 0.1) is 6.54 Å². The molecule has 1 atom stereocenters. The zero-order chi connectivity index (χ0) is 19.6. The Morgan fingerprint density at radius 2 is 1.86 bits per heavy atom. The third-order valence-electron chi connectivity index (χ3n) is 4.96. The second kappa shape index (κ2) is 13.2. The number of rotatable bonds is 8. The summed E-state index contributed by atoms with van der Waals surface area (Å²) in [6, 6.07) is 4.69. The van der Waals surface area contributed by atoms with Crippen molar-refractivity contribution < 1.29 is 0 Å². The summed E-state index contributed by atoms with van der Waals surface area (Å²) in [5.74, 6) is 2.69. The van der Waals surface area contributed by atoms with E-state index in [2.05, 4.69) is 72.3 Å². The van der Waals surface area contributed by atoms with Gasteiger partial charge in [-0.2, -0.15) is 0 Å². The molecule has 0 bridgehead atoms. The summed E-state index contributed by atoms with van der Waals surface area (Å²) < 4.78 is 0. The van der Waals surface area contributed by atoms with Crippen LogP contribution in [0.1, 0.15) is 46.1 Å². The maximum absolute atomic E-state index is 4.74. The van der Waals surface area contributed by atoms with Gasteiger partial charge in [0, 0.05) is 45.0 Å². The monoisotopic (exact) mass is 502 g/mol. The summed E-state index contributed by atoms with van der Waals surface area (Å²) >= 11 is 0. The first-order valence-corrected chi connectivity index (χ1v) is 10.4. The van der Waals surface area contributed by atoms with Crippen molar-refractivity contribution in [3.8, 4) is 0 Å². The highest BCUT2D eigenvalue weighted by molar-refractivity contribution is 14.0. The normalized spacial score (nSPS) is 16.6. The molecule has 28 heavy (non-hydrogen) atoms. The first-order chi connectivity index (χ1) is 13.0. The van der Waals surface area contributed by atoms with E-state index in [1.807, 2.05) is 6.20 Å². The van der Waals surface area contributed by atoms with Gasteiger partial charge in [-0.3, -0.25) is 0 Å². The third-order valence-corrected chi connectivity index (χ3v) is 4.96. The molecule has 1 fully saturated rings. The summed E-state index contributed by atoms with van der Waals surface area (Å²) in [6.07, 6.45) is 4.34. The summed E-state index contributed by atoms with van der Waals surface area (Å²) in [7, 11) is 2.17. The lowest BCUT2D eigenvalue weighted by molar-refractivity contribution is 0.312. The molecule has 7 heteroatoms. The number of aromatic nitrogens is 1. The molecule has 6 nitrogen and oxygen atoms in total. The predicted octanol–water partition coefficient (Wildman–Crippen LogP) is 3.33. The fourth-order valence-corrected chi connectivity index (χ4v) is 3.11. The molecule has 0 spiro atoms. The van der Waals surface area contributed by atoms with E-state index in [1.165, 1.54) is 6.42 Å². The largest absolute Gasteiger partial charge is 0.357 e. The molecule has 0 amide bonds. The smallest absolute Gasteiger partial charge is 0.191 e. The summed E-state index contributed by atoms with van der Waals surface area (Å²) in [5.41, 5.74) is 1.14. The number of aliphatic imine (C=N–C) groups is 1. The van der Waals surface area contributed by atoms with Crippen LogP contribution in [0.25, 0.3) is 0 Å². The Kier molecular flexibility index (Phi) is 11.8. The fourth-order valence-electron chi connectivity index (χ4n) is 3.11. The molecule has 1 unspecified atom stereocenters. The fraction of sp³-hybridized carbons (Fsp3) is 0.714. The van der Waals surface area contributed by atoms with Crippen LogP contribution in [-0.4, -0.2) is 61.7 Å². The summed E-state index contributed by atoms with van der Waals surface area (Å²) in [4.78, 5) is 14.1. The molecule has 0 aliphatic carbocycles. The van der Waals surface area contributed by atoms with Gasteiger partial charge in [-0.15, -0.1) is 24.0 Å². The van der Waals surface area contributed by atoms with E-state index in [0.717, 1.165) is 62.4 Å². The summed E-state index contributed by atoms with van der Waals surface area (Å²) in [5, 5.41) is 6.86. The van der Waals surface area contributed by atoms with Crippen LogP contribution in [0.5, 0.6) is 0 Å². The molecule has 1 aliphatic heterocycles. The van der Waals surface area contributed by atoms with Crippen LogP contribution in [0, 0.1) is 5.92 Å². The van der Waals surface area contributed by atoms with Crippen LogP contribution in [0.15, 0.2) is 23.3 Å². The lowest BCUT2D eigenvalue weighted by Gasteiger charge is -2.33. The molecular weight excluding hydrogens is 463 g/mol. The number of guanidine groups is 1. The maximum Gasteiger partial charge on any atom is 0.191 e. The Balaban J connectivity index is 0.00000392. The topological polar surface area (TPSA) is 55.8 Å². The van der Waals surface area contributed by atoms with Crippen LogP contribution >= 0.6 is 24.0 Å². The molecule has 0 radical (unpaired) electrons. The second-order valence-electron chi connectivity index (χ2n) is 8.03. The van der Waals surface area contributed by atoms with Crippen molar-refractivity contribution in [1.82, 2.24) is 20.5 Å². The minimum Gasteiger partial charge on any atom is -0.357 e. The van der Waals surface area contributed by atoms with Gasteiger partial charge in [-0.25, -0.2) is 9.98 Å². The number of halogens is 1.